The SMILES string of the molecule is C=CCOc1ccc(NC(=O)c2cccc(N(C)S(C)(=O)=O)c2C)cc1. The van der Waals surface area contributed by atoms with Gasteiger partial charge >= 0.3 is 0 Å². The van der Waals surface area contributed by atoms with Gasteiger partial charge in [-0.15, -0.1) is 0 Å². The number of ether oxygens (including phenoxy) is 1. The van der Waals surface area contributed by atoms with E-state index in [1.807, 2.05) is 0 Å². The summed E-state index contributed by atoms with van der Waals surface area (Å²) in [6.07, 6.45) is 2.77. The third-order valence-corrected chi connectivity index (χ3v) is 5.06. The number of carbonyl (C=O) groups excluding carboxylic acids is 1. The predicted octanol–water partition coefficient (Wildman–Crippen LogP) is 3.21. The monoisotopic (exact) mass is 374 g/mol. The molecule has 138 valence electrons. The van der Waals surface area contributed by atoms with E-state index in [9.17, 15) is 13.2 Å². The number of hydrogen-bond acceptors (Lipinski definition) is 4. The molecule has 1 amide bonds. The second kappa shape index (κ2) is 8.05. The van der Waals surface area contributed by atoms with Crippen LogP contribution >= 0.6 is 0 Å². The fourth-order valence-electron chi connectivity index (χ4n) is 2.38. The Hall–Kier alpha value is -2.80. The van der Waals surface area contributed by atoms with Gasteiger partial charge in [0.25, 0.3) is 5.91 Å². The quantitative estimate of drug-likeness (QED) is 0.755. The molecule has 0 heterocycles. The molecular formula is C19H22N2O4S. The van der Waals surface area contributed by atoms with Gasteiger partial charge in [-0.25, -0.2) is 8.42 Å². The average molecular weight is 374 g/mol. The lowest BCUT2D eigenvalue weighted by Crippen LogP contribution is -2.26. The highest BCUT2D eigenvalue weighted by Crippen LogP contribution is 2.25. The fourth-order valence-corrected chi connectivity index (χ4v) is 2.93. The molecule has 0 saturated carbocycles. The van der Waals surface area contributed by atoms with Crippen LogP contribution in [0.25, 0.3) is 0 Å². The summed E-state index contributed by atoms with van der Waals surface area (Å²) in [5.74, 6) is 0.363. The van der Waals surface area contributed by atoms with Crippen LogP contribution in [0.1, 0.15) is 15.9 Å². The maximum Gasteiger partial charge on any atom is 0.256 e. The smallest absolute Gasteiger partial charge is 0.256 e. The van der Waals surface area contributed by atoms with Gasteiger partial charge in [0.2, 0.25) is 10.0 Å². The Balaban J connectivity index is 2.21. The molecule has 7 heteroatoms. The molecule has 0 spiro atoms. The van der Waals surface area contributed by atoms with Crippen LogP contribution < -0.4 is 14.4 Å². The number of carbonyl (C=O) groups is 1. The zero-order valence-electron chi connectivity index (χ0n) is 15.0. The van der Waals surface area contributed by atoms with Crippen molar-refractivity contribution in [3.05, 3.63) is 66.2 Å². The molecule has 0 aliphatic carbocycles. The molecule has 1 N–H and O–H groups in total. The number of sulfonamides is 1. The van der Waals surface area contributed by atoms with Crippen molar-refractivity contribution in [1.82, 2.24) is 0 Å². The molecule has 2 aromatic carbocycles. The average Bonchev–Trinajstić information content (AvgIpc) is 2.60. The number of benzene rings is 2. The first kappa shape index (κ1) is 19.5. The van der Waals surface area contributed by atoms with Gasteiger partial charge in [0, 0.05) is 18.3 Å². The van der Waals surface area contributed by atoms with Crippen LogP contribution in [0.15, 0.2) is 55.1 Å². The van der Waals surface area contributed by atoms with E-state index >= 15 is 0 Å². The Labute approximate surface area is 154 Å². The summed E-state index contributed by atoms with van der Waals surface area (Å²) in [5, 5.41) is 2.80. The summed E-state index contributed by atoms with van der Waals surface area (Å²) >= 11 is 0. The second-order valence-corrected chi connectivity index (χ2v) is 7.77. The molecule has 2 rings (SSSR count). The number of amides is 1. The molecule has 0 aromatic heterocycles. The minimum atomic E-state index is -3.41. The summed E-state index contributed by atoms with van der Waals surface area (Å²) in [6, 6.07) is 12.0. The number of rotatable bonds is 7. The van der Waals surface area contributed by atoms with Crippen molar-refractivity contribution in [3.63, 3.8) is 0 Å². The number of anilines is 2. The van der Waals surface area contributed by atoms with Gasteiger partial charge in [-0.2, -0.15) is 0 Å². The van der Waals surface area contributed by atoms with E-state index in [4.69, 9.17) is 4.74 Å². The minimum absolute atomic E-state index is 0.314. The third-order valence-electron chi connectivity index (χ3n) is 3.87. The Kier molecular flexibility index (Phi) is 6.05. The van der Waals surface area contributed by atoms with Gasteiger partial charge in [0.15, 0.2) is 0 Å². The van der Waals surface area contributed by atoms with Crippen molar-refractivity contribution in [2.45, 2.75) is 6.92 Å². The number of nitrogens with zero attached hydrogens (tertiary/aromatic N) is 1. The van der Waals surface area contributed by atoms with Crippen molar-refractivity contribution in [2.24, 2.45) is 0 Å². The highest BCUT2D eigenvalue weighted by molar-refractivity contribution is 7.92. The van der Waals surface area contributed by atoms with Crippen molar-refractivity contribution in [3.8, 4) is 5.75 Å². The van der Waals surface area contributed by atoms with Crippen LogP contribution in [0.5, 0.6) is 5.75 Å². The lowest BCUT2D eigenvalue weighted by atomic mass is 10.1. The maximum absolute atomic E-state index is 12.6. The van der Waals surface area contributed by atoms with Crippen molar-refractivity contribution in [2.75, 3.05) is 29.5 Å². The van der Waals surface area contributed by atoms with E-state index in [2.05, 4.69) is 11.9 Å². The summed E-state index contributed by atoms with van der Waals surface area (Å²) in [4.78, 5) is 12.6. The molecule has 0 bridgehead atoms. The van der Waals surface area contributed by atoms with Gasteiger partial charge in [-0.1, -0.05) is 18.7 Å². The second-order valence-electron chi connectivity index (χ2n) is 5.76. The Morgan fingerprint density at radius 1 is 1.23 bits per heavy atom. The van der Waals surface area contributed by atoms with E-state index in [0.29, 0.717) is 34.9 Å². The van der Waals surface area contributed by atoms with Crippen LogP contribution in [-0.4, -0.2) is 34.2 Å². The lowest BCUT2D eigenvalue weighted by molar-refractivity contribution is 0.102. The van der Waals surface area contributed by atoms with Crippen LogP contribution in [0, 0.1) is 6.92 Å². The van der Waals surface area contributed by atoms with E-state index in [1.54, 1.807) is 55.5 Å². The molecule has 6 nitrogen and oxygen atoms in total. The van der Waals surface area contributed by atoms with E-state index in [-0.39, 0.29) is 5.91 Å². The van der Waals surface area contributed by atoms with Gasteiger partial charge in [-0.05, 0) is 48.9 Å². The van der Waals surface area contributed by atoms with E-state index in [1.165, 1.54) is 7.05 Å². The van der Waals surface area contributed by atoms with Gasteiger partial charge in [-0.3, -0.25) is 9.10 Å². The third kappa shape index (κ3) is 4.64. The molecule has 0 atom stereocenters. The summed E-state index contributed by atoms with van der Waals surface area (Å²) < 4.78 is 30.1. The van der Waals surface area contributed by atoms with E-state index in [0.717, 1.165) is 10.6 Å². The Bertz CT molecular complexity index is 906. The van der Waals surface area contributed by atoms with Crippen LogP contribution in [0.3, 0.4) is 0 Å². The molecule has 0 unspecified atom stereocenters. The van der Waals surface area contributed by atoms with Gasteiger partial charge < -0.3 is 10.1 Å². The summed E-state index contributed by atoms with van der Waals surface area (Å²) in [6.45, 7) is 5.71. The van der Waals surface area contributed by atoms with Crippen LogP contribution in [-0.2, 0) is 10.0 Å². The first-order chi connectivity index (χ1) is 12.2. The van der Waals surface area contributed by atoms with Crippen LogP contribution in [0.2, 0.25) is 0 Å². The Morgan fingerprint density at radius 2 is 1.88 bits per heavy atom. The van der Waals surface area contributed by atoms with Crippen molar-refractivity contribution >= 4 is 27.3 Å². The summed E-state index contributed by atoms with van der Waals surface area (Å²) in [7, 11) is -1.95. The molecule has 0 aliphatic heterocycles. The molecule has 26 heavy (non-hydrogen) atoms. The highest BCUT2D eigenvalue weighted by Gasteiger charge is 2.18. The molecule has 0 saturated heterocycles. The van der Waals surface area contributed by atoms with Crippen molar-refractivity contribution in [1.29, 1.82) is 0 Å². The Morgan fingerprint density at radius 3 is 2.46 bits per heavy atom. The van der Waals surface area contributed by atoms with Crippen LogP contribution in [0.4, 0.5) is 11.4 Å². The first-order valence-corrected chi connectivity index (χ1v) is 9.77. The van der Waals surface area contributed by atoms with Crippen molar-refractivity contribution < 1.29 is 17.9 Å². The van der Waals surface area contributed by atoms with Gasteiger partial charge in [0.1, 0.15) is 12.4 Å². The zero-order valence-corrected chi connectivity index (χ0v) is 15.8. The fraction of sp³-hybridized carbons (Fsp3) is 0.211. The normalized spacial score (nSPS) is 10.9. The number of hydrogen-bond donors (Lipinski definition) is 1. The molecule has 0 fully saturated rings. The van der Waals surface area contributed by atoms with Gasteiger partial charge in [0.05, 0.1) is 11.9 Å². The standard InChI is InChI=1S/C19H22N2O4S/c1-5-13-25-16-11-9-15(10-12-16)20-19(22)17-7-6-8-18(14(17)2)21(3)26(4,23)24/h5-12H,1,13H2,2-4H3,(H,20,22). The zero-order chi connectivity index (χ0) is 19.3. The molecule has 0 radical (unpaired) electrons. The van der Waals surface area contributed by atoms with E-state index < -0.39 is 10.0 Å². The molecular weight excluding hydrogens is 352 g/mol. The predicted molar refractivity (Wildman–Crippen MR) is 105 cm³/mol. The highest BCUT2D eigenvalue weighted by atomic mass is 32.2. The minimum Gasteiger partial charge on any atom is -0.490 e. The topological polar surface area (TPSA) is 75.7 Å². The number of nitrogens with one attached hydrogen (secondary N) is 1. The molecule has 0 aliphatic rings. The molecule has 2 aromatic rings. The maximum atomic E-state index is 12.6. The first-order valence-electron chi connectivity index (χ1n) is 7.92. The largest absolute Gasteiger partial charge is 0.490 e. The summed E-state index contributed by atoms with van der Waals surface area (Å²) in [5.41, 5.74) is 2.07. The lowest BCUT2D eigenvalue weighted by Gasteiger charge is -2.20.